The Balaban J connectivity index is 1.54. The van der Waals surface area contributed by atoms with E-state index in [9.17, 15) is 8.42 Å². The molecule has 1 aromatic carbocycles. The van der Waals surface area contributed by atoms with Crippen LogP contribution in [0.25, 0.3) is 11.3 Å². The Morgan fingerprint density at radius 3 is 2.50 bits per heavy atom. The second kappa shape index (κ2) is 11.5. The molecule has 1 fully saturated rings. The Morgan fingerprint density at radius 2 is 1.84 bits per heavy atom. The molecule has 2 aromatic heterocycles. The highest BCUT2D eigenvalue weighted by molar-refractivity contribution is 7.92. The third-order valence-electron chi connectivity index (χ3n) is 6.58. The van der Waals surface area contributed by atoms with Crippen molar-refractivity contribution in [1.29, 1.82) is 0 Å². The Bertz CT molecular complexity index is 1390. The molecule has 0 amide bonds. The van der Waals surface area contributed by atoms with Crippen molar-refractivity contribution in [2.75, 3.05) is 24.9 Å². The first-order valence-electron chi connectivity index (χ1n) is 12.5. The minimum absolute atomic E-state index is 0.0584. The van der Waals surface area contributed by atoms with Crippen LogP contribution in [-0.4, -0.2) is 66.5 Å². The molecule has 1 aliphatic heterocycles. The first-order chi connectivity index (χ1) is 17.9. The van der Waals surface area contributed by atoms with Crippen molar-refractivity contribution in [3.8, 4) is 17.1 Å². The molecule has 1 aliphatic rings. The molecule has 4 rings (SSSR count). The number of piperazine rings is 1. The van der Waals surface area contributed by atoms with Gasteiger partial charge in [0.05, 0.1) is 22.5 Å². The average Bonchev–Trinajstić information content (AvgIpc) is 2.83. The molecule has 8 nitrogen and oxygen atoms in total. The minimum atomic E-state index is -4.11. The molecule has 0 unspecified atom stereocenters. The zero-order valence-corrected chi connectivity index (χ0v) is 23.7. The van der Waals surface area contributed by atoms with E-state index in [1.54, 1.807) is 19.9 Å². The molecule has 0 aliphatic carbocycles. The lowest BCUT2D eigenvalue weighted by atomic mass is 10.0. The van der Waals surface area contributed by atoms with E-state index in [-0.39, 0.29) is 33.2 Å². The molecule has 11 heteroatoms. The number of nitrogens with one attached hydrogen (secondary N) is 1. The molecule has 0 spiro atoms. The number of aromatic nitrogens is 2. The Kier molecular flexibility index (Phi) is 8.56. The number of ether oxygens (including phenoxy) is 1. The maximum absolute atomic E-state index is 15.2. The van der Waals surface area contributed by atoms with Crippen molar-refractivity contribution in [2.24, 2.45) is 0 Å². The van der Waals surface area contributed by atoms with Crippen LogP contribution in [0.2, 0.25) is 5.02 Å². The topological polar surface area (TPSA) is 87.7 Å². The summed E-state index contributed by atoms with van der Waals surface area (Å²) in [6, 6.07) is 10.2. The highest BCUT2D eigenvalue weighted by Gasteiger charge is 2.27. The highest BCUT2D eigenvalue weighted by Crippen LogP contribution is 2.29. The van der Waals surface area contributed by atoms with Crippen molar-refractivity contribution < 1.29 is 17.5 Å². The molecule has 204 valence electrons. The smallest absolute Gasteiger partial charge is 0.267 e. The van der Waals surface area contributed by atoms with Gasteiger partial charge in [0, 0.05) is 49.7 Å². The SMILES string of the molecule is CC(C)Oc1ncc(Cl)cc1S(=O)(=O)Nc1ccnc(-c2ccc(CN3C[C@@H](C)N(C)[C@@H](C)C3)cc2F)c1. The summed E-state index contributed by atoms with van der Waals surface area (Å²) in [4.78, 5) is 12.8. The van der Waals surface area contributed by atoms with Gasteiger partial charge in [0.15, 0.2) is 4.90 Å². The maximum Gasteiger partial charge on any atom is 0.267 e. The van der Waals surface area contributed by atoms with E-state index in [1.807, 2.05) is 6.07 Å². The molecule has 1 N–H and O–H groups in total. The van der Waals surface area contributed by atoms with Crippen LogP contribution in [0.1, 0.15) is 33.3 Å². The summed E-state index contributed by atoms with van der Waals surface area (Å²) in [6.07, 6.45) is 2.45. The number of hydrogen-bond donors (Lipinski definition) is 1. The average molecular weight is 562 g/mol. The number of halogens is 2. The van der Waals surface area contributed by atoms with Gasteiger partial charge in [0.2, 0.25) is 5.88 Å². The molecule has 2 atom stereocenters. The van der Waals surface area contributed by atoms with Crippen LogP contribution in [0.3, 0.4) is 0 Å². The van der Waals surface area contributed by atoms with E-state index in [2.05, 4.69) is 45.4 Å². The van der Waals surface area contributed by atoms with Gasteiger partial charge in [-0.1, -0.05) is 17.7 Å². The van der Waals surface area contributed by atoms with Crippen molar-refractivity contribution in [1.82, 2.24) is 19.8 Å². The van der Waals surface area contributed by atoms with Gasteiger partial charge in [0.1, 0.15) is 5.82 Å². The van der Waals surface area contributed by atoms with Crippen molar-refractivity contribution in [3.05, 3.63) is 65.2 Å². The molecular formula is C27H33ClFN5O3S. The van der Waals surface area contributed by atoms with Crippen LogP contribution in [0.5, 0.6) is 5.88 Å². The molecule has 38 heavy (non-hydrogen) atoms. The van der Waals surface area contributed by atoms with Crippen molar-refractivity contribution in [3.63, 3.8) is 0 Å². The van der Waals surface area contributed by atoms with E-state index in [0.29, 0.717) is 24.3 Å². The summed E-state index contributed by atoms with van der Waals surface area (Å²) in [7, 11) is -1.98. The summed E-state index contributed by atoms with van der Waals surface area (Å²) in [6.45, 7) is 10.4. The van der Waals surface area contributed by atoms with Gasteiger partial charge in [-0.25, -0.2) is 17.8 Å². The monoisotopic (exact) mass is 561 g/mol. The fourth-order valence-electron chi connectivity index (χ4n) is 4.53. The van der Waals surface area contributed by atoms with Gasteiger partial charge in [0.25, 0.3) is 10.0 Å². The summed E-state index contributed by atoms with van der Waals surface area (Å²) in [5, 5.41) is 0.152. The summed E-state index contributed by atoms with van der Waals surface area (Å²) < 4.78 is 49.6. The molecule has 0 saturated carbocycles. The van der Waals surface area contributed by atoms with E-state index in [1.165, 1.54) is 36.7 Å². The Hall–Kier alpha value is -2.79. The lowest BCUT2D eigenvalue weighted by Gasteiger charge is -2.42. The van der Waals surface area contributed by atoms with Crippen LogP contribution in [0, 0.1) is 5.82 Å². The third-order valence-corrected chi connectivity index (χ3v) is 8.17. The van der Waals surface area contributed by atoms with Gasteiger partial charge >= 0.3 is 0 Å². The van der Waals surface area contributed by atoms with Gasteiger partial charge in [-0.05, 0) is 70.6 Å². The summed E-state index contributed by atoms with van der Waals surface area (Å²) in [5.74, 6) is -0.478. The van der Waals surface area contributed by atoms with E-state index in [4.69, 9.17) is 16.3 Å². The third kappa shape index (κ3) is 6.61. The highest BCUT2D eigenvalue weighted by atomic mass is 35.5. The normalized spacial score (nSPS) is 19.1. The first kappa shape index (κ1) is 28.2. The van der Waals surface area contributed by atoms with Crippen LogP contribution in [0.4, 0.5) is 10.1 Å². The van der Waals surface area contributed by atoms with Gasteiger partial charge in [-0.3, -0.25) is 19.5 Å². The lowest BCUT2D eigenvalue weighted by molar-refractivity contribution is 0.0556. The number of benzene rings is 1. The molecule has 3 aromatic rings. The van der Waals surface area contributed by atoms with Crippen molar-refractivity contribution in [2.45, 2.75) is 57.3 Å². The van der Waals surface area contributed by atoms with E-state index >= 15 is 4.39 Å². The molecule has 3 heterocycles. The lowest BCUT2D eigenvalue weighted by Crippen LogP contribution is -2.54. The maximum atomic E-state index is 15.2. The summed E-state index contributed by atoms with van der Waals surface area (Å²) >= 11 is 6.01. The number of hydrogen-bond acceptors (Lipinski definition) is 7. The standard InChI is InChI=1S/C27H33ClFN5O3S/c1-17(2)37-27-26(11-21(28)13-31-27)38(35,36)32-22-8-9-30-25(12-22)23-7-6-20(10-24(23)29)16-34-14-18(3)33(5)19(4)15-34/h6-13,17-19H,14-16H2,1-5H3,(H,30,32)/t18-,19+. The summed E-state index contributed by atoms with van der Waals surface area (Å²) in [5.41, 5.74) is 1.68. The first-order valence-corrected chi connectivity index (χ1v) is 14.3. The number of sulfonamides is 1. The number of rotatable bonds is 8. The number of likely N-dealkylation sites (N-methyl/N-ethyl adjacent to an activating group) is 1. The van der Waals surface area contributed by atoms with Crippen LogP contribution >= 0.6 is 11.6 Å². The van der Waals surface area contributed by atoms with Crippen LogP contribution in [0.15, 0.2) is 53.7 Å². The van der Waals surface area contributed by atoms with Gasteiger partial charge < -0.3 is 4.74 Å². The molecule has 1 saturated heterocycles. The largest absolute Gasteiger partial charge is 0.474 e. The fraction of sp³-hybridized carbons (Fsp3) is 0.407. The zero-order valence-electron chi connectivity index (χ0n) is 22.1. The fourth-order valence-corrected chi connectivity index (χ4v) is 5.91. The number of anilines is 1. The molecular weight excluding hydrogens is 529 g/mol. The predicted molar refractivity (Wildman–Crippen MR) is 147 cm³/mol. The Labute approximate surface area is 228 Å². The van der Waals surface area contributed by atoms with Crippen LogP contribution < -0.4 is 9.46 Å². The quantitative estimate of drug-likeness (QED) is 0.412. The zero-order chi connectivity index (χ0) is 27.6. The molecule has 0 bridgehead atoms. The van der Waals surface area contributed by atoms with Gasteiger partial charge in [-0.2, -0.15) is 0 Å². The van der Waals surface area contributed by atoms with E-state index in [0.717, 1.165) is 18.7 Å². The number of pyridine rings is 2. The molecule has 0 radical (unpaired) electrons. The minimum Gasteiger partial charge on any atom is -0.474 e. The van der Waals surface area contributed by atoms with Gasteiger partial charge in [-0.15, -0.1) is 0 Å². The van der Waals surface area contributed by atoms with E-state index < -0.39 is 15.8 Å². The van der Waals surface area contributed by atoms with Crippen LogP contribution in [-0.2, 0) is 16.6 Å². The van der Waals surface area contributed by atoms with Crippen molar-refractivity contribution >= 4 is 27.3 Å². The number of nitrogens with zero attached hydrogens (tertiary/aromatic N) is 4. The second-order valence-corrected chi connectivity index (χ2v) is 12.1. The second-order valence-electron chi connectivity index (χ2n) is 10.0. The Morgan fingerprint density at radius 1 is 1.13 bits per heavy atom. The predicted octanol–water partition coefficient (Wildman–Crippen LogP) is 5.05.